The molecule has 0 aliphatic rings. The summed E-state index contributed by atoms with van der Waals surface area (Å²) < 4.78 is 0. The molecule has 0 amide bonds. The van der Waals surface area contributed by atoms with Gasteiger partial charge in [-0.2, -0.15) is 5.92 Å². The van der Waals surface area contributed by atoms with Crippen LogP contribution < -0.4 is 0 Å². The van der Waals surface area contributed by atoms with E-state index in [-0.39, 0.29) is 18.6 Å². The van der Waals surface area contributed by atoms with Gasteiger partial charge in [0.25, 0.3) is 0 Å². The molecular formula is C5H11V-. The molecule has 1 atom stereocenters. The van der Waals surface area contributed by atoms with Crippen molar-refractivity contribution >= 4 is 0 Å². The largest absolute Gasteiger partial charge is 0.341 e. The maximum atomic E-state index is 3.76. The van der Waals surface area contributed by atoms with Gasteiger partial charge in [-0.3, -0.25) is 0 Å². The van der Waals surface area contributed by atoms with E-state index in [0.29, 0.717) is 5.92 Å². The van der Waals surface area contributed by atoms with E-state index in [1.165, 1.54) is 6.42 Å². The number of hydrogen-bond donors (Lipinski definition) is 0. The summed E-state index contributed by atoms with van der Waals surface area (Å²) in [6, 6.07) is 0. The molecule has 0 aliphatic carbocycles. The minimum atomic E-state index is 0. The second-order valence-corrected chi connectivity index (χ2v) is 1.51. The zero-order valence-corrected chi connectivity index (χ0v) is 5.84. The summed E-state index contributed by atoms with van der Waals surface area (Å²) in [5, 5.41) is 0. The zero-order valence-electron chi connectivity index (χ0n) is 4.44. The van der Waals surface area contributed by atoms with Gasteiger partial charge < -0.3 is 6.92 Å². The Morgan fingerprint density at radius 2 is 1.83 bits per heavy atom. The molecule has 0 heterocycles. The zero-order chi connectivity index (χ0) is 4.28. The number of hydrogen-bond acceptors (Lipinski definition) is 0. The Morgan fingerprint density at radius 1 is 1.67 bits per heavy atom. The Hall–Kier alpha value is 0.584. The average Bonchev–Trinajstić information content (AvgIpc) is 1.38. The van der Waals surface area contributed by atoms with Gasteiger partial charge in [0.15, 0.2) is 0 Å². The van der Waals surface area contributed by atoms with Gasteiger partial charge in [0.05, 0.1) is 0 Å². The minimum Gasteiger partial charge on any atom is -0.341 e. The normalized spacial score (nSPS) is 12.5. The van der Waals surface area contributed by atoms with Crippen molar-refractivity contribution in [3.63, 3.8) is 0 Å². The summed E-state index contributed by atoms with van der Waals surface area (Å²) in [5.74, 6) is 0.634. The molecule has 0 aromatic rings. The molecule has 0 bridgehead atoms. The van der Waals surface area contributed by atoms with Crippen molar-refractivity contribution in [2.45, 2.75) is 20.3 Å². The molecule has 0 aromatic heterocycles. The maximum absolute atomic E-state index is 3.76. The summed E-state index contributed by atoms with van der Waals surface area (Å²) >= 11 is 0. The van der Waals surface area contributed by atoms with Crippen LogP contribution in [0.3, 0.4) is 0 Å². The van der Waals surface area contributed by atoms with Crippen molar-refractivity contribution in [2.75, 3.05) is 0 Å². The van der Waals surface area contributed by atoms with Crippen molar-refractivity contribution in [1.29, 1.82) is 0 Å². The van der Waals surface area contributed by atoms with Crippen LogP contribution in [0.25, 0.3) is 0 Å². The van der Waals surface area contributed by atoms with Crippen LogP contribution in [0, 0.1) is 12.8 Å². The van der Waals surface area contributed by atoms with E-state index in [2.05, 4.69) is 20.8 Å². The van der Waals surface area contributed by atoms with E-state index < -0.39 is 0 Å². The molecule has 0 saturated carbocycles. The van der Waals surface area contributed by atoms with E-state index in [1.807, 2.05) is 0 Å². The van der Waals surface area contributed by atoms with Gasteiger partial charge in [-0.1, -0.05) is 20.3 Å². The Labute approximate surface area is 52.2 Å². The van der Waals surface area contributed by atoms with E-state index in [4.69, 9.17) is 0 Å². The van der Waals surface area contributed by atoms with Gasteiger partial charge in [0.1, 0.15) is 0 Å². The van der Waals surface area contributed by atoms with Crippen LogP contribution >= 0.6 is 0 Å². The van der Waals surface area contributed by atoms with Crippen molar-refractivity contribution in [2.24, 2.45) is 5.92 Å². The predicted octanol–water partition coefficient (Wildman–Crippen LogP) is 1.86. The Balaban J connectivity index is 0. The molecular weight excluding hydrogens is 111 g/mol. The van der Waals surface area contributed by atoms with E-state index in [1.54, 1.807) is 0 Å². The maximum Gasteiger partial charge on any atom is 0 e. The first-order valence-electron chi connectivity index (χ1n) is 2.10. The molecule has 1 unspecified atom stereocenters. The molecule has 0 aliphatic heterocycles. The third-order valence-electron chi connectivity index (χ3n) is 0.697. The fraction of sp³-hybridized carbons (Fsp3) is 0.800. The van der Waals surface area contributed by atoms with Crippen LogP contribution in [0.15, 0.2) is 0 Å². The summed E-state index contributed by atoms with van der Waals surface area (Å²) in [6.45, 7) is 8.00. The van der Waals surface area contributed by atoms with Gasteiger partial charge in [0, 0.05) is 18.6 Å². The second kappa shape index (κ2) is 5.58. The Bertz CT molecular complexity index is 17.9. The summed E-state index contributed by atoms with van der Waals surface area (Å²) in [5.41, 5.74) is 0. The van der Waals surface area contributed by atoms with E-state index in [9.17, 15) is 0 Å². The minimum absolute atomic E-state index is 0. The fourth-order valence-electron chi connectivity index (χ4n) is 0. The monoisotopic (exact) mass is 122 g/mol. The summed E-state index contributed by atoms with van der Waals surface area (Å²) in [6.07, 6.45) is 1.19. The van der Waals surface area contributed by atoms with Crippen LogP contribution in [0.2, 0.25) is 0 Å². The van der Waals surface area contributed by atoms with Gasteiger partial charge in [-0.15, -0.1) is 0 Å². The predicted molar refractivity (Wildman–Crippen MR) is 24.8 cm³/mol. The average molecular weight is 122 g/mol. The van der Waals surface area contributed by atoms with Crippen molar-refractivity contribution in [3.05, 3.63) is 6.92 Å². The van der Waals surface area contributed by atoms with Crippen LogP contribution in [0.4, 0.5) is 0 Å². The van der Waals surface area contributed by atoms with E-state index in [0.717, 1.165) is 0 Å². The first-order valence-corrected chi connectivity index (χ1v) is 2.10. The molecule has 0 spiro atoms. The van der Waals surface area contributed by atoms with Gasteiger partial charge in [-0.25, -0.2) is 0 Å². The topological polar surface area (TPSA) is 0 Å². The second-order valence-electron chi connectivity index (χ2n) is 1.51. The van der Waals surface area contributed by atoms with Gasteiger partial charge in [-0.05, 0) is 0 Å². The SMILES string of the molecule is [CH2-]C(C)CC.[V]. The molecule has 1 heteroatoms. The van der Waals surface area contributed by atoms with Crippen molar-refractivity contribution in [1.82, 2.24) is 0 Å². The third kappa shape index (κ3) is 8.82. The van der Waals surface area contributed by atoms with Crippen molar-refractivity contribution in [3.8, 4) is 0 Å². The molecule has 0 saturated heterocycles. The van der Waals surface area contributed by atoms with Gasteiger partial charge in [0.2, 0.25) is 0 Å². The standard InChI is InChI=1S/C5H11.V/c1-4-5(2)3;/h5H,2,4H2,1,3H3;/q-1;. The van der Waals surface area contributed by atoms with Crippen LogP contribution in [0.1, 0.15) is 20.3 Å². The first kappa shape index (κ1) is 9.77. The Morgan fingerprint density at radius 3 is 1.83 bits per heavy atom. The van der Waals surface area contributed by atoms with Crippen LogP contribution in [0.5, 0.6) is 0 Å². The molecule has 0 rings (SSSR count). The summed E-state index contributed by atoms with van der Waals surface area (Å²) in [7, 11) is 0. The molecule has 1 radical (unpaired) electrons. The van der Waals surface area contributed by atoms with Crippen LogP contribution in [-0.2, 0) is 18.6 Å². The molecule has 0 fully saturated rings. The van der Waals surface area contributed by atoms with Crippen molar-refractivity contribution < 1.29 is 18.6 Å². The molecule has 37 valence electrons. The summed E-state index contributed by atoms with van der Waals surface area (Å²) in [4.78, 5) is 0. The van der Waals surface area contributed by atoms with E-state index >= 15 is 0 Å². The van der Waals surface area contributed by atoms with Crippen LogP contribution in [-0.4, -0.2) is 0 Å². The first-order chi connectivity index (χ1) is 2.27. The van der Waals surface area contributed by atoms with Gasteiger partial charge >= 0.3 is 0 Å². The fourth-order valence-corrected chi connectivity index (χ4v) is 0. The Kier molecular flexibility index (Phi) is 9.09. The molecule has 6 heavy (non-hydrogen) atoms. The molecule has 0 aromatic carbocycles. The quantitative estimate of drug-likeness (QED) is 0.465. The third-order valence-corrected chi connectivity index (χ3v) is 0.697. The smallest absolute Gasteiger partial charge is 0 e. The number of rotatable bonds is 1. The molecule has 0 nitrogen and oxygen atoms in total. The molecule has 0 N–H and O–H groups in total.